The summed E-state index contributed by atoms with van der Waals surface area (Å²) in [6.07, 6.45) is 1.34. The molecule has 0 spiro atoms. The Kier molecular flexibility index (Phi) is 6.22. The number of furan rings is 1. The van der Waals surface area contributed by atoms with Crippen LogP contribution in [0, 0.1) is 0 Å². The highest BCUT2D eigenvalue weighted by molar-refractivity contribution is 7.22. The molecule has 0 radical (unpaired) electrons. The van der Waals surface area contributed by atoms with Crippen LogP contribution >= 0.6 is 11.3 Å². The number of nitrogens with zero attached hydrogens (tertiary/aromatic N) is 2. The van der Waals surface area contributed by atoms with Crippen LogP contribution in [0.5, 0.6) is 23.0 Å². The Morgan fingerprint density at radius 1 is 1.03 bits per heavy atom. The molecule has 1 N–H and O–H groups in total. The molecule has 4 aromatic rings. The number of ether oxygens (including phenoxy) is 4. The number of aliphatic hydroxyl groups excluding tert-OH is 1. The van der Waals surface area contributed by atoms with Crippen molar-refractivity contribution in [3.05, 3.63) is 71.4 Å². The predicted octanol–water partition coefficient (Wildman–Crippen LogP) is 4.71. The molecular weight excluding hydrogens is 500 g/mol. The molecule has 1 aliphatic rings. The van der Waals surface area contributed by atoms with Gasteiger partial charge in [0.15, 0.2) is 28.1 Å². The van der Waals surface area contributed by atoms with Crippen molar-refractivity contribution in [3.8, 4) is 23.0 Å². The zero-order valence-electron chi connectivity index (χ0n) is 20.3. The fourth-order valence-corrected chi connectivity index (χ4v) is 5.29. The second-order valence-electron chi connectivity index (χ2n) is 7.94. The van der Waals surface area contributed by atoms with Crippen molar-refractivity contribution in [1.82, 2.24) is 4.98 Å². The molecule has 190 valence electrons. The summed E-state index contributed by atoms with van der Waals surface area (Å²) in [4.78, 5) is 32.9. The normalized spacial score (nSPS) is 15.4. The highest BCUT2D eigenvalue weighted by Crippen LogP contribution is 2.48. The van der Waals surface area contributed by atoms with E-state index >= 15 is 0 Å². The van der Waals surface area contributed by atoms with Gasteiger partial charge in [0, 0.05) is 0 Å². The number of carbonyl (C=O) groups excluding carboxylic acids is 2. The average Bonchev–Trinajstić information content (AvgIpc) is 3.65. The number of ketones is 1. The molecule has 1 amide bonds. The van der Waals surface area contributed by atoms with Crippen LogP contribution in [0.2, 0.25) is 0 Å². The van der Waals surface area contributed by atoms with Gasteiger partial charge >= 0.3 is 0 Å². The largest absolute Gasteiger partial charge is 0.503 e. The highest BCUT2D eigenvalue weighted by Gasteiger charge is 2.47. The molecule has 3 heterocycles. The van der Waals surface area contributed by atoms with Crippen LogP contribution in [0.25, 0.3) is 10.2 Å². The molecule has 5 rings (SSSR count). The van der Waals surface area contributed by atoms with E-state index < -0.39 is 23.5 Å². The third kappa shape index (κ3) is 3.93. The van der Waals surface area contributed by atoms with Crippen molar-refractivity contribution in [3.63, 3.8) is 0 Å². The first-order valence-corrected chi connectivity index (χ1v) is 11.8. The van der Waals surface area contributed by atoms with Crippen LogP contribution in [-0.2, 0) is 4.79 Å². The Morgan fingerprint density at radius 3 is 2.35 bits per heavy atom. The summed E-state index contributed by atoms with van der Waals surface area (Å²) >= 11 is 1.22. The number of hydrogen-bond acceptors (Lipinski definition) is 10. The van der Waals surface area contributed by atoms with Crippen molar-refractivity contribution >= 4 is 38.4 Å². The number of fused-ring (bicyclic) bond motifs is 1. The van der Waals surface area contributed by atoms with Crippen LogP contribution < -0.4 is 23.8 Å². The van der Waals surface area contributed by atoms with E-state index in [2.05, 4.69) is 4.98 Å². The average molecular weight is 523 g/mol. The molecule has 1 unspecified atom stereocenters. The topological polar surface area (TPSA) is 121 Å². The fraction of sp³-hybridized carbons (Fsp3) is 0.192. The summed E-state index contributed by atoms with van der Waals surface area (Å²) in [6, 6.07) is 10.5. The Labute approximate surface area is 215 Å². The van der Waals surface area contributed by atoms with E-state index in [0.717, 1.165) is 4.70 Å². The van der Waals surface area contributed by atoms with Gasteiger partial charge in [-0.15, -0.1) is 0 Å². The Morgan fingerprint density at radius 2 is 1.76 bits per heavy atom. The first kappa shape index (κ1) is 24.2. The van der Waals surface area contributed by atoms with E-state index in [4.69, 9.17) is 23.4 Å². The first-order chi connectivity index (χ1) is 17.9. The van der Waals surface area contributed by atoms with Gasteiger partial charge in [-0.2, -0.15) is 0 Å². The van der Waals surface area contributed by atoms with Gasteiger partial charge in [-0.3, -0.25) is 14.5 Å². The summed E-state index contributed by atoms with van der Waals surface area (Å²) in [5, 5.41) is 11.3. The van der Waals surface area contributed by atoms with Crippen LogP contribution in [0.1, 0.15) is 22.2 Å². The second-order valence-corrected chi connectivity index (χ2v) is 8.94. The lowest BCUT2D eigenvalue weighted by molar-refractivity contribution is -0.117. The molecular formula is C26H22N2O8S. The number of benzene rings is 2. The van der Waals surface area contributed by atoms with Crippen LogP contribution in [-0.4, -0.2) is 50.2 Å². The minimum absolute atomic E-state index is 0.0253. The summed E-state index contributed by atoms with van der Waals surface area (Å²) < 4.78 is 27.8. The van der Waals surface area contributed by atoms with Gasteiger partial charge in [0.25, 0.3) is 5.91 Å². The van der Waals surface area contributed by atoms with E-state index in [-0.39, 0.29) is 16.5 Å². The molecule has 0 saturated carbocycles. The van der Waals surface area contributed by atoms with E-state index in [1.807, 2.05) is 0 Å². The summed E-state index contributed by atoms with van der Waals surface area (Å²) in [5.41, 5.74) is 0.896. The lowest BCUT2D eigenvalue weighted by Crippen LogP contribution is -2.31. The Bertz CT molecular complexity index is 1510. The Hall–Kier alpha value is -4.51. The number of aliphatic hydroxyl groups is 1. The number of rotatable bonds is 8. The van der Waals surface area contributed by atoms with E-state index in [1.165, 1.54) is 49.9 Å². The lowest BCUT2D eigenvalue weighted by atomic mass is 9.94. The minimum Gasteiger partial charge on any atom is -0.503 e. The molecule has 37 heavy (non-hydrogen) atoms. The third-order valence-corrected chi connectivity index (χ3v) is 7.01. The molecule has 0 saturated heterocycles. The molecule has 10 nitrogen and oxygen atoms in total. The van der Waals surface area contributed by atoms with Crippen molar-refractivity contribution < 1.29 is 38.1 Å². The molecule has 1 atom stereocenters. The number of hydrogen-bond donors (Lipinski definition) is 1. The van der Waals surface area contributed by atoms with Gasteiger partial charge < -0.3 is 28.5 Å². The maximum absolute atomic E-state index is 13.5. The van der Waals surface area contributed by atoms with Crippen LogP contribution in [0.15, 0.2) is 64.5 Å². The first-order valence-electron chi connectivity index (χ1n) is 11.0. The summed E-state index contributed by atoms with van der Waals surface area (Å²) in [5.74, 6) is -0.543. The molecule has 2 aromatic carbocycles. The quantitative estimate of drug-likeness (QED) is 0.328. The van der Waals surface area contributed by atoms with Crippen LogP contribution in [0.4, 0.5) is 5.13 Å². The number of thiazole rings is 1. The van der Waals surface area contributed by atoms with Crippen molar-refractivity contribution in [2.45, 2.75) is 6.04 Å². The van der Waals surface area contributed by atoms with Crippen molar-refractivity contribution in [2.24, 2.45) is 0 Å². The van der Waals surface area contributed by atoms with Crippen LogP contribution in [0.3, 0.4) is 0 Å². The van der Waals surface area contributed by atoms with Gasteiger partial charge in [0.2, 0.25) is 11.5 Å². The van der Waals surface area contributed by atoms with E-state index in [1.54, 1.807) is 43.5 Å². The zero-order chi connectivity index (χ0) is 26.3. The van der Waals surface area contributed by atoms with Crippen molar-refractivity contribution in [2.75, 3.05) is 33.3 Å². The summed E-state index contributed by atoms with van der Waals surface area (Å²) in [6.45, 7) is 0. The number of amides is 1. The highest BCUT2D eigenvalue weighted by atomic mass is 32.1. The predicted molar refractivity (Wildman–Crippen MR) is 135 cm³/mol. The molecule has 0 aliphatic carbocycles. The van der Waals surface area contributed by atoms with Gasteiger partial charge in [-0.25, -0.2) is 4.98 Å². The van der Waals surface area contributed by atoms with Crippen molar-refractivity contribution in [1.29, 1.82) is 0 Å². The smallest absolute Gasteiger partial charge is 0.296 e. The third-order valence-electron chi connectivity index (χ3n) is 5.99. The van der Waals surface area contributed by atoms with Gasteiger partial charge in [-0.1, -0.05) is 11.3 Å². The van der Waals surface area contributed by atoms with E-state index in [0.29, 0.717) is 34.1 Å². The van der Waals surface area contributed by atoms with Gasteiger partial charge in [0.1, 0.15) is 5.75 Å². The zero-order valence-corrected chi connectivity index (χ0v) is 21.1. The summed E-state index contributed by atoms with van der Waals surface area (Å²) in [7, 11) is 5.95. The van der Waals surface area contributed by atoms with Gasteiger partial charge in [-0.05, 0) is 48.0 Å². The molecule has 2 aromatic heterocycles. The number of anilines is 1. The minimum atomic E-state index is -1.07. The number of Topliss-reactive ketones (excluding diaryl/α,β-unsaturated/α-hetero) is 1. The monoisotopic (exact) mass is 522 g/mol. The maximum Gasteiger partial charge on any atom is 0.296 e. The number of carbonyl (C=O) groups is 2. The lowest BCUT2D eigenvalue weighted by Gasteiger charge is -2.25. The van der Waals surface area contributed by atoms with E-state index in [9.17, 15) is 14.7 Å². The fourth-order valence-electron chi connectivity index (χ4n) is 4.27. The Balaban J connectivity index is 1.73. The number of aromatic nitrogens is 1. The standard InChI is InChI=1S/C26H22N2O8S/c1-32-14-7-8-15-19(12-14)37-26(27-15)28-21(13-10-17(33-2)24(35-4)18(11-13)34-3)20(23(30)25(28)31)22(29)16-6-5-9-36-16/h5-12,21,30H,1-4H3. The molecule has 0 fully saturated rings. The number of methoxy groups -OCH3 is 4. The van der Waals surface area contributed by atoms with Gasteiger partial charge in [0.05, 0.1) is 56.5 Å². The molecule has 11 heteroatoms. The molecule has 0 bridgehead atoms. The second kappa shape index (κ2) is 9.51. The maximum atomic E-state index is 13.5. The SMILES string of the molecule is COc1ccc2nc(N3C(=O)C(O)=C(C(=O)c4ccco4)C3c3cc(OC)c(OC)c(OC)c3)sc2c1. The molecule has 1 aliphatic heterocycles.